The quantitative estimate of drug-likeness (QED) is 0.736. The summed E-state index contributed by atoms with van der Waals surface area (Å²) < 4.78 is 0. The van der Waals surface area contributed by atoms with Crippen LogP contribution in [0.5, 0.6) is 0 Å². The number of nitriles is 1. The Hall–Kier alpha value is -2.48. The highest BCUT2D eigenvalue weighted by molar-refractivity contribution is 5.57. The molecule has 0 aliphatic rings. The van der Waals surface area contributed by atoms with Crippen LogP contribution in [0, 0.1) is 11.3 Å². The molecule has 0 radical (unpaired) electrons. The molecule has 15 heavy (non-hydrogen) atoms. The molecular formula is C10H7N5. The van der Waals surface area contributed by atoms with Crippen LogP contribution in [0.2, 0.25) is 0 Å². The second kappa shape index (κ2) is 3.72. The average Bonchev–Trinajstić information content (AvgIpc) is 2.30. The van der Waals surface area contributed by atoms with Crippen molar-refractivity contribution in [2.24, 2.45) is 0 Å². The van der Waals surface area contributed by atoms with Crippen molar-refractivity contribution < 1.29 is 0 Å². The van der Waals surface area contributed by atoms with Gasteiger partial charge >= 0.3 is 0 Å². The molecule has 0 fully saturated rings. The molecular weight excluding hydrogens is 190 g/mol. The molecule has 2 N–H and O–H groups in total. The summed E-state index contributed by atoms with van der Waals surface area (Å²) in [5.41, 5.74) is 6.92. The van der Waals surface area contributed by atoms with Crippen molar-refractivity contribution in [1.29, 1.82) is 5.26 Å². The molecule has 2 heterocycles. The van der Waals surface area contributed by atoms with Gasteiger partial charge in [0.25, 0.3) is 0 Å². The molecule has 0 saturated carbocycles. The van der Waals surface area contributed by atoms with Crippen LogP contribution in [0.25, 0.3) is 11.4 Å². The minimum atomic E-state index is 0.126. The van der Waals surface area contributed by atoms with Gasteiger partial charge in [0.05, 0.1) is 11.9 Å². The van der Waals surface area contributed by atoms with E-state index < -0.39 is 0 Å². The number of anilines is 1. The number of nitrogens with zero attached hydrogens (tertiary/aromatic N) is 4. The van der Waals surface area contributed by atoms with Crippen LogP contribution in [0.1, 0.15) is 5.69 Å². The number of rotatable bonds is 1. The number of pyridine rings is 1. The summed E-state index contributed by atoms with van der Waals surface area (Å²) in [4.78, 5) is 12.0. The maximum atomic E-state index is 8.63. The molecule has 0 bridgehead atoms. The third-order valence-electron chi connectivity index (χ3n) is 1.83. The van der Waals surface area contributed by atoms with Crippen molar-refractivity contribution >= 4 is 5.82 Å². The van der Waals surface area contributed by atoms with Crippen molar-refractivity contribution in [2.75, 3.05) is 5.73 Å². The predicted molar refractivity (Wildman–Crippen MR) is 54.4 cm³/mol. The maximum Gasteiger partial charge on any atom is 0.182 e. The average molecular weight is 197 g/mol. The van der Waals surface area contributed by atoms with Gasteiger partial charge in [-0.25, -0.2) is 9.97 Å². The minimum absolute atomic E-state index is 0.126. The van der Waals surface area contributed by atoms with E-state index in [9.17, 15) is 0 Å². The van der Waals surface area contributed by atoms with Crippen LogP contribution in [-0.4, -0.2) is 15.0 Å². The van der Waals surface area contributed by atoms with E-state index in [2.05, 4.69) is 15.0 Å². The van der Waals surface area contributed by atoms with Crippen LogP contribution in [0.4, 0.5) is 5.82 Å². The summed E-state index contributed by atoms with van der Waals surface area (Å²) in [7, 11) is 0. The van der Waals surface area contributed by atoms with E-state index in [1.54, 1.807) is 12.3 Å². The molecule has 0 aromatic carbocycles. The molecule has 5 heteroatoms. The highest BCUT2D eigenvalue weighted by Gasteiger charge is 2.05. The van der Waals surface area contributed by atoms with E-state index in [1.165, 1.54) is 6.20 Å². The van der Waals surface area contributed by atoms with E-state index in [4.69, 9.17) is 11.0 Å². The van der Waals surface area contributed by atoms with E-state index in [-0.39, 0.29) is 11.5 Å². The van der Waals surface area contributed by atoms with Crippen LogP contribution in [-0.2, 0) is 0 Å². The van der Waals surface area contributed by atoms with Gasteiger partial charge in [-0.2, -0.15) is 5.26 Å². The van der Waals surface area contributed by atoms with E-state index in [1.807, 2.05) is 18.2 Å². The van der Waals surface area contributed by atoms with Crippen molar-refractivity contribution in [3.05, 3.63) is 36.3 Å². The van der Waals surface area contributed by atoms with Gasteiger partial charge in [0.1, 0.15) is 11.8 Å². The van der Waals surface area contributed by atoms with Crippen molar-refractivity contribution in [3.63, 3.8) is 0 Å². The van der Waals surface area contributed by atoms with Crippen LogP contribution in [0.15, 0.2) is 30.6 Å². The first kappa shape index (κ1) is 9.09. The summed E-state index contributed by atoms with van der Waals surface area (Å²) in [5.74, 6) is 0.126. The molecule has 0 atom stereocenters. The Morgan fingerprint density at radius 1 is 1.20 bits per heavy atom. The normalized spacial score (nSPS) is 9.53. The maximum absolute atomic E-state index is 8.63. The zero-order chi connectivity index (χ0) is 10.7. The summed E-state index contributed by atoms with van der Waals surface area (Å²) >= 11 is 0. The second-order valence-corrected chi connectivity index (χ2v) is 2.82. The second-order valence-electron chi connectivity index (χ2n) is 2.82. The molecule has 0 spiro atoms. The fraction of sp³-hybridized carbons (Fsp3) is 0. The number of nitrogens with two attached hydrogens (primary N) is 1. The monoisotopic (exact) mass is 197 g/mol. The Kier molecular flexibility index (Phi) is 2.25. The summed E-state index contributed by atoms with van der Waals surface area (Å²) in [5, 5.41) is 8.63. The SMILES string of the molecule is N#Cc1ncc(-c2ccccn2)nc1N. The van der Waals surface area contributed by atoms with Crippen LogP contribution >= 0.6 is 0 Å². The summed E-state index contributed by atoms with van der Waals surface area (Å²) in [6.07, 6.45) is 3.14. The lowest BCUT2D eigenvalue weighted by atomic mass is 10.3. The Morgan fingerprint density at radius 3 is 2.67 bits per heavy atom. The van der Waals surface area contributed by atoms with E-state index in [0.717, 1.165) is 0 Å². The standard InChI is InChI=1S/C10H7N5/c11-5-8-10(12)15-9(6-14-8)7-3-1-2-4-13-7/h1-4,6H,(H2,12,15). The molecule has 0 saturated heterocycles. The van der Waals surface area contributed by atoms with Gasteiger partial charge in [-0.05, 0) is 12.1 Å². The first-order valence-corrected chi connectivity index (χ1v) is 4.25. The molecule has 0 aliphatic carbocycles. The van der Waals surface area contributed by atoms with Gasteiger partial charge in [0.2, 0.25) is 0 Å². The smallest absolute Gasteiger partial charge is 0.182 e. The van der Waals surface area contributed by atoms with Crippen LogP contribution < -0.4 is 5.73 Å². The summed E-state index contributed by atoms with van der Waals surface area (Å²) in [6.45, 7) is 0. The lowest BCUT2D eigenvalue weighted by Crippen LogP contribution is -1.99. The van der Waals surface area contributed by atoms with Gasteiger partial charge < -0.3 is 5.73 Å². The van der Waals surface area contributed by atoms with Crippen molar-refractivity contribution in [3.8, 4) is 17.5 Å². The third-order valence-corrected chi connectivity index (χ3v) is 1.83. The van der Waals surface area contributed by atoms with Crippen molar-refractivity contribution in [2.45, 2.75) is 0 Å². The topological polar surface area (TPSA) is 88.5 Å². The molecule has 0 aliphatic heterocycles. The first-order valence-electron chi connectivity index (χ1n) is 4.25. The Labute approximate surface area is 86.2 Å². The zero-order valence-corrected chi connectivity index (χ0v) is 7.75. The lowest BCUT2D eigenvalue weighted by Gasteiger charge is -2.00. The van der Waals surface area contributed by atoms with Gasteiger partial charge in [-0.1, -0.05) is 6.07 Å². The number of nitrogen functional groups attached to an aromatic ring is 1. The number of hydrogen-bond donors (Lipinski definition) is 1. The fourth-order valence-corrected chi connectivity index (χ4v) is 1.13. The highest BCUT2D eigenvalue weighted by atomic mass is 14.9. The molecule has 5 nitrogen and oxygen atoms in total. The molecule has 0 unspecified atom stereocenters. The predicted octanol–water partition coefficient (Wildman–Crippen LogP) is 0.992. The van der Waals surface area contributed by atoms with Crippen LogP contribution in [0.3, 0.4) is 0 Å². The molecule has 2 aromatic heterocycles. The molecule has 2 aromatic rings. The first-order chi connectivity index (χ1) is 7.31. The van der Waals surface area contributed by atoms with Gasteiger partial charge in [-0.15, -0.1) is 0 Å². The molecule has 72 valence electrons. The van der Waals surface area contributed by atoms with E-state index >= 15 is 0 Å². The summed E-state index contributed by atoms with van der Waals surface area (Å²) in [6, 6.07) is 7.31. The van der Waals surface area contributed by atoms with Gasteiger partial charge in [-0.3, -0.25) is 4.98 Å². The third kappa shape index (κ3) is 1.74. The Bertz CT molecular complexity index is 515. The van der Waals surface area contributed by atoms with Gasteiger partial charge in [0, 0.05) is 6.20 Å². The Balaban J connectivity index is 2.49. The largest absolute Gasteiger partial charge is 0.381 e. The Morgan fingerprint density at radius 2 is 2.07 bits per heavy atom. The number of aromatic nitrogens is 3. The van der Waals surface area contributed by atoms with Crippen molar-refractivity contribution in [1.82, 2.24) is 15.0 Å². The molecule has 2 rings (SSSR count). The van der Waals surface area contributed by atoms with E-state index in [0.29, 0.717) is 11.4 Å². The lowest BCUT2D eigenvalue weighted by molar-refractivity contribution is 1.16. The minimum Gasteiger partial charge on any atom is -0.381 e. The fourth-order valence-electron chi connectivity index (χ4n) is 1.13. The molecule has 0 amide bonds. The van der Waals surface area contributed by atoms with Gasteiger partial charge in [0.15, 0.2) is 11.5 Å². The number of hydrogen-bond acceptors (Lipinski definition) is 5. The zero-order valence-electron chi connectivity index (χ0n) is 7.75. The highest BCUT2D eigenvalue weighted by Crippen LogP contribution is 2.14.